The van der Waals surface area contributed by atoms with E-state index in [4.69, 9.17) is 0 Å². The highest BCUT2D eigenvalue weighted by Crippen LogP contribution is 2.23. The highest BCUT2D eigenvalue weighted by molar-refractivity contribution is 5.82. The topological polar surface area (TPSA) is 87.5 Å². The van der Waals surface area contributed by atoms with Gasteiger partial charge in [-0.25, -0.2) is 0 Å². The normalized spacial score (nSPS) is 15.8. The Morgan fingerprint density at radius 1 is 1.38 bits per heavy atom. The van der Waals surface area contributed by atoms with Crippen LogP contribution in [0.1, 0.15) is 12.8 Å². The van der Waals surface area contributed by atoms with E-state index in [1.54, 1.807) is 23.1 Å². The second-order valence-electron chi connectivity index (χ2n) is 5.07. The predicted octanol–water partition coefficient (Wildman–Crippen LogP) is 1.22. The number of nitrogens with one attached hydrogen (secondary N) is 2. The van der Waals surface area contributed by atoms with Crippen molar-refractivity contribution in [2.45, 2.75) is 18.9 Å². The molecular weight excluding hydrogens is 272 g/mol. The summed E-state index contributed by atoms with van der Waals surface area (Å²) in [6.07, 6.45) is 1.88. The molecule has 21 heavy (non-hydrogen) atoms. The van der Waals surface area contributed by atoms with Crippen LogP contribution in [0.3, 0.4) is 0 Å². The first kappa shape index (κ1) is 15.2. The maximum atomic E-state index is 12.1. The molecule has 0 unspecified atom stereocenters. The quantitative estimate of drug-likeness (QED) is 0.629. The molecule has 7 nitrogen and oxygen atoms in total. The van der Waals surface area contributed by atoms with Gasteiger partial charge in [-0.1, -0.05) is 12.1 Å². The fraction of sp³-hybridized carbons (Fsp3) is 0.500. The Labute approximate surface area is 123 Å². The molecule has 2 N–H and O–H groups in total. The lowest BCUT2D eigenvalue weighted by molar-refractivity contribution is -0.383. The largest absolute Gasteiger partial charge is 0.371 e. The first-order chi connectivity index (χ1) is 10.1. The second kappa shape index (κ2) is 7.03. The minimum atomic E-state index is -0.453. The zero-order valence-electron chi connectivity index (χ0n) is 12.0. The highest BCUT2D eigenvalue weighted by atomic mass is 16.6. The van der Waals surface area contributed by atoms with Crippen LogP contribution >= 0.6 is 0 Å². The molecule has 114 valence electrons. The lowest BCUT2D eigenvalue weighted by Crippen LogP contribution is -2.45. The lowest BCUT2D eigenvalue weighted by atomic mass is 10.1. The van der Waals surface area contributed by atoms with Gasteiger partial charge in [-0.05, 0) is 26.0 Å². The Balaban J connectivity index is 1.89. The summed E-state index contributed by atoms with van der Waals surface area (Å²) in [7, 11) is 1.93. The number of carbonyl (C=O) groups excluding carboxylic acids is 1. The predicted molar refractivity (Wildman–Crippen MR) is 80.2 cm³/mol. The zero-order chi connectivity index (χ0) is 15.2. The van der Waals surface area contributed by atoms with Crippen molar-refractivity contribution in [1.29, 1.82) is 0 Å². The number of amides is 1. The van der Waals surface area contributed by atoms with Crippen molar-refractivity contribution in [3.05, 3.63) is 34.4 Å². The average molecular weight is 292 g/mol. The van der Waals surface area contributed by atoms with Crippen LogP contribution in [0, 0.1) is 10.1 Å². The molecule has 0 saturated carbocycles. The summed E-state index contributed by atoms with van der Waals surface area (Å²) in [5.74, 6) is -0.0253. The van der Waals surface area contributed by atoms with E-state index < -0.39 is 4.92 Å². The van der Waals surface area contributed by atoms with Crippen LogP contribution in [0.5, 0.6) is 0 Å². The lowest BCUT2D eigenvalue weighted by Gasteiger charge is -2.31. The number of rotatable bonds is 5. The molecule has 0 radical (unpaired) electrons. The van der Waals surface area contributed by atoms with Crippen LogP contribution < -0.4 is 10.6 Å². The summed E-state index contributed by atoms with van der Waals surface area (Å²) in [5, 5.41) is 17.0. The van der Waals surface area contributed by atoms with E-state index in [1.165, 1.54) is 6.07 Å². The Hall–Kier alpha value is -2.15. The Kier molecular flexibility index (Phi) is 5.10. The summed E-state index contributed by atoms with van der Waals surface area (Å²) < 4.78 is 0. The molecule has 1 saturated heterocycles. The first-order valence-corrected chi connectivity index (χ1v) is 7.04. The first-order valence-electron chi connectivity index (χ1n) is 7.04. The van der Waals surface area contributed by atoms with Gasteiger partial charge in [0.25, 0.3) is 5.69 Å². The summed E-state index contributed by atoms with van der Waals surface area (Å²) >= 11 is 0. The fourth-order valence-corrected chi connectivity index (χ4v) is 2.48. The highest BCUT2D eigenvalue weighted by Gasteiger charge is 2.22. The van der Waals surface area contributed by atoms with E-state index >= 15 is 0 Å². The fourth-order valence-electron chi connectivity index (χ4n) is 2.48. The number of hydrogen-bond acceptors (Lipinski definition) is 5. The maximum absolute atomic E-state index is 12.1. The molecule has 1 heterocycles. The number of benzene rings is 1. The molecule has 1 aromatic carbocycles. The number of nitro groups is 1. The molecule has 0 aromatic heterocycles. The maximum Gasteiger partial charge on any atom is 0.292 e. The summed E-state index contributed by atoms with van der Waals surface area (Å²) in [6.45, 7) is 1.53. The molecule has 0 bridgehead atoms. The zero-order valence-corrected chi connectivity index (χ0v) is 12.0. The molecule has 0 spiro atoms. The van der Waals surface area contributed by atoms with Crippen molar-refractivity contribution in [2.24, 2.45) is 0 Å². The molecule has 7 heteroatoms. The number of nitrogens with zero attached hydrogens (tertiary/aromatic N) is 2. The average Bonchev–Trinajstić information content (AvgIpc) is 2.52. The van der Waals surface area contributed by atoms with Gasteiger partial charge in [0.15, 0.2) is 0 Å². The third-order valence-electron chi connectivity index (χ3n) is 3.79. The number of piperidine rings is 1. The van der Waals surface area contributed by atoms with Crippen LogP contribution in [0.2, 0.25) is 0 Å². The van der Waals surface area contributed by atoms with Gasteiger partial charge >= 0.3 is 0 Å². The van der Waals surface area contributed by atoms with Crippen molar-refractivity contribution in [2.75, 3.05) is 32.0 Å². The minimum absolute atomic E-state index is 0.0146. The van der Waals surface area contributed by atoms with E-state index in [0.717, 1.165) is 25.9 Å². The summed E-state index contributed by atoms with van der Waals surface area (Å²) in [6, 6.07) is 6.81. The number of carbonyl (C=O) groups is 1. The summed E-state index contributed by atoms with van der Waals surface area (Å²) in [5.41, 5.74) is 0.361. The molecule has 0 aliphatic carbocycles. The monoisotopic (exact) mass is 292 g/mol. The standard InChI is InChI=1S/C14H20N4O3/c1-15-11-6-8-17(9-7-11)14(19)10-16-12-4-2-3-5-13(12)18(20)21/h2-5,11,15-16H,6-10H2,1H3. The molecule has 1 aromatic rings. The molecule has 0 atom stereocenters. The summed E-state index contributed by atoms with van der Waals surface area (Å²) in [4.78, 5) is 24.4. The molecular formula is C14H20N4O3. The van der Waals surface area contributed by atoms with Gasteiger partial charge < -0.3 is 15.5 Å². The van der Waals surface area contributed by atoms with Crippen LogP contribution in [0.25, 0.3) is 0 Å². The van der Waals surface area contributed by atoms with E-state index in [2.05, 4.69) is 10.6 Å². The third kappa shape index (κ3) is 3.91. The van der Waals surface area contributed by atoms with Crippen LogP contribution in [-0.2, 0) is 4.79 Å². The Bertz CT molecular complexity index is 513. The van der Waals surface area contributed by atoms with Crippen LogP contribution in [0.4, 0.5) is 11.4 Å². The Morgan fingerprint density at radius 3 is 2.67 bits per heavy atom. The SMILES string of the molecule is CNC1CCN(C(=O)CNc2ccccc2[N+](=O)[O-])CC1. The van der Waals surface area contributed by atoms with Gasteiger partial charge in [0, 0.05) is 25.2 Å². The van der Waals surface area contributed by atoms with E-state index in [1.807, 2.05) is 7.05 Å². The molecule has 1 aliphatic heterocycles. The van der Waals surface area contributed by atoms with E-state index in [9.17, 15) is 14.9 Å². The second-order valence-corrected chi connectivity index (χ2v) is 5.07. The molecule has 1 amide bonds. The number of likely N-dealkylation sites (tertiary alicyclic amines) is 1. The number of anilines is 1. The Morgan fingerprint density at radius 2 is 2.05 bits per heavy atom. The van der Waals surface area contributed by atoms with Gasteiger partial charge in [0.2, 0.25) is 5.91 Å². The number of hydrogen-bond donors (Lipinski definition) is 2. The van der Waals surface area contributed by atoms with Gasteiger partial charge in [-0.15, -0.1) is 0 Å². The number of para-hydroxylation sites is 2. The van der Waals surface area contributed by atoms with Gasteiger partial charge in [0.1, 0.15) is 5.69 Å². The van der Waals surface area contributed by atoms with Crippen molar-refractivity contribution < 1.29 is 9.72 Å². The van der Waals surface area contributed by atoms with Crippen molar-refractivity contribution >= 4 is 17.3 Å². The van der Waals surface area contributed by atoms with Gasteiger partial charge in [0.05, 0.1) is 11.5 Å². The van der Waals surface area contributed by atoms with Crippen molar-refractivity contribution in [3.8, 4) is 0 Å². The van der Waals surface area contributed by atoms with Gasteiger partial charge in [-0.3, -0.25) is 14.9 Å². The molecule has 1 aliphatic rings. The van der Waals surface area contributed by atoms with Crippen LogP contribution in [-0.4, -0.2) is 48.5 Å². The van der Waals surface area contributed by atoms with Crippen LogP contribution in [0.15, 0.2) is 24.3 Å². The third-order valence-corrected chi connectivity index (χ3v) is 3.79. The smallest absolute Gasteiger partial charge is 0.292 e. The van der Waals surface area contributed by atoms with E-state index in [0.29, 0.717) is 11.7 Å². The van der Waals surface area contributed by atoms with Crippen molar-refractivity contribution in [1.82, 2.24) is 10.2 Å². The molecule has 2 rings (SSSR count). The van der Waals surface area contributed by atoms with Crippen molar-refractivity contribution in [3.63, 3.8) is 0 Å². The molecule has 1 fully saturated rings. The van der Waals surface area contributed by atoms with Gasteiger partial charge in [-0.2, -0.15) is 0 Å². The number of nitro benzene ring substituents is 1. The minimum Gasteiger partial charge on any atom is -0.371 e. The van der Waals surface area contributed by atoms with E-state index in [-0.39, 0.29) is 18.1 Å².